The van der Waals surface area contributed by atoms with Gasteiger partial charge in [-0.3, -0.25) is 19.2 Å². The number of unbranched alkanes of at least 4 members (excludes halogenated alkanes) is 6. The van der Waals surface area contributed by atoms with Crippen LogP contribution in [0.15, 0.2) is 24.3 Å². The number of nitrogens with one attached hydrogen (secondary N) is 2. The molecule has 0 radical (unpaired) electrons. The number of aliphatic hydroxyl groups is 2. The number of carbonyl (C=O) groups excluding carboxylic acids is 4. The maximum atomic E-state index is 12.0. The Morgan fingerprint density at radius 3 is 1.07 bits per heavy atom. The van der Waals surface area contributed by atoms with Gasteiger partial charge in [0, 0.05) is 37.6 Å². The summed E-state index contributed by atoms with van der Waals surface area (Å²) in [4.78, 5) is 66.7. The fourth-order valence-corrected chi connectivity index (χ4v) is 6.78. The fraction of sp³-hybridized carbons (Fsp3) is 0.762. The molecule has 0 aromatic rings. The van der Waals surface area contributed by atoms with Crippen molar-refractivity contribution >= 4 is 73.4 Å². The van der Waals surface area contributed by atoms with Crippen LogP contribution in [0.25, 0.3) is 0 Å². The van der Waals surface area contributed by atoms with Crippen LogP contribution in [-0.2, 0) is 28.8 Å². The van der Waals surface area contributed by atoms with Crippen molar-refractivity contribution in [1.29, 1.82) is 0 Å². The Morgan fingerprint density at radius 1 is 0.475 bits per heavy atom. The van der Waals surface area contributed by atoms with E-state index in [1.54, 1.807) is 0 Å². The van der Waals surface area contributed by atoms with Crippen LogP contribution in [0.5, 0.6) is 0 Å². The van der Waals surface area contributed by atoms with E-state index in [0.29, 0.717) is 139 Å². The van der Waals surface area contributed by atoms with Crippen molar-refractivity contribution in [3.8, 4) is 0 Å². The van der Waals surface area contributed by atoms with Gasteiger partial charge in [0.05, 0.1) is 65.6 Å². The van der Waals surface area contributed by atoms with Gasteiger partial charge < -0.3 is 59.8 Å². The summed E-state index contributed by atoms with van der Waals surface area (Å²) in [5.41, 5.74) is 0. The van der Waals surface area contributed by atoms with Crippen LogP contribution in [0.3, 0.4) is 0 Å². The van der Waals surface area contributed by atoms with Crippen LogP contribution >= 0.6 is 0 Å². The normalized spacial score (nSPS) is 13.1. The van der Waals surface area contributed by atoms with E-state index in [2.05, 4.69) is 10.6 Å². The molecule has 0 aromatic carbocycles. The number of quaternary nitrogens is 2. The van der Waals surface area contributed by atoms with Gasteiger partial charge in [-0.15, -0.1) is 0 Å². The van der Waals surface area contributed by atoms with Gasteiger partial charge in [-0.05, 0) is 104 Å². The summed E-state index contributed by atoms with van der Waals surface area (Å²) in [5, 5.41) is 63.9. The van der Waals surface area contributed by atoms with Crippen LogP contribution in [0.1, 0.15) is 129 Å². The van der Waals surface area contributed by atoms with Crippen molar-refractivity contribution in [2.75, 3.05) is 78.7 Å². The molecule has 336 valence electrons. The molecule has 0 saturated carbocycles. The first kappa shape index (κ1) is 60.7. The minimum atomic E-state index is -1.07. The number of carbonyl (C=O) groups is 6. The zero-order chi connectivity index (χ0) is 43.9. The topological polar surface area (TPSA) is 254 Å². The molecule has 0 aliphatic rings. The van der Waals surface area contributed by atoms with Crippen molar-refractivity contribution in [3.05, 3.63) is 24.3 Å². The van der Waals surface area contributed by atoms with Gasteiger partial charge in [0.2, 0.25) is 11.8 Å². The second-order valence-electron chi connectivity index (χ2n) is 14.9. The van der Waals surface area contributed by atoms with E-state index in [1.165, 1.54) is 0 Å². The maximum Gasteiger partial charge on any atom is 2.00 e. The SMILES string of the molecule is C/C=C/CCCC(=O)NCC[N+](CCO)(CCCCC(=O)[O-])CCCCC(=O)O.C/C=C/CCCC(=O)NCC[N+](CCO)(CCCCC(=O)[O-])CCCCC(=O)O.[Ca+2]. The molecule has 0 bridgehead atoms. The number of aliphatic carboxylic acids is 4. The molecule has 0 aliphatic carbocycles. The van der Waals surface area contributed by atoms with E-state index < -0.39 is 23.9 Å². The summed E-state index contributed by atoms with van der Waals surface area (Å²) < 4.78 is 1.09. The molecule has 0 heterocycles. The van der Waals surface area contributed by atoms with Gasteiger partial charge in [-0.2, -0.15) is 0 Å². The second-order valence-corrected chi connectivity index (χ2v) is 14.9. The summed E-state index contributed by atoms with van der Waals surface area (Å²) in [5.74, 6) is -3.80. The van der Waals surface area contributed by atoms with Crippen molar-refractivity contribution in [3.63, 3.8) is 0 Å². The average Bonchev–Trinajstić information content (AvgIpc) is 3.16. The zero-order valence-corrected chi connectivity index (χ0v) is 38.4. The Kier molecular flexibility index (Phi) is 42.0. The molecule has 6 N–H and O–H groups in total. The van der Waals surface area contributed by atoms with Gasteiger partial charge in [0.15, 0.2) is 0 Å². The third-order valence-corrected chi connectivity index (χ3v) is 10.1. The standard InChI is InChI=1S/2C21H38N2O6.Ca/c2*1-2-3-4-5-10-19(25)22-13-16-23(17-18-24,14-8-6-11-20(26)27)15-9-7-12-21(28)29;/h2*2-3,24H,4-18H2,1H3,(H2-,22,25,26,27,28,29);/q;;+2/b2*3-2+;. The van der Waals surface area contributed by atoms with Gasteiger partial charge in [-0.25, -0.2) is 0 Å². The number of carboxylic acid groups (broad SMARTS) is 4. The van der Waals surface area contributed by atoms with E-state index >= 15 is 0 Å². The predicted octanol–water partition coefficient (Wildman–Crippen LogP) is 1.29. The van der Waals surface area contributed by atoms with Gasteiger partial charge in [0.1, 0.15) is 13.1 Å². The first-order valence-electron chi connectivity index (χ1n) is 21.2. The Labute approximate surface area is 382 Å². The number of aliphatic hydroxyl groups excluding tert-OH is 2. The first-order valence-corrected chi connectivity index (χ1v) is 21.2. The molecule has 0 saturated heterocycles. The molecule has 16 nitrogen and oxygen atoms in total. The Morgan fingerprint density at radius 2 is 0.797 bits per heavy atom. The number of carboxylic acids is 4. The molecule has 0 spiro atoms. The van der Waals surface area contributed by atoms with Crippen LogP contribution in [0.2, 0.25) is 0 Å². The van der Waals surface area contributed by atoms with Crippen molar-refractivity contribution in [1.82, 2.24) is 10.6 Å². The number of nitrogens with zero attached hydrogens (tertiary/aromatic N) is 2. The monoisotopic (exact) mass is 869 g/mol. The second kappa shape index (κ2) is 40.8. The molecule has 0 rings (SSSR count). The number of allylic oxidation sites excluding steroid dienone is 4. The van der Waals surface area contributed by atoms with E-state index in [4.69, 9.17) is 10.2 Å². The van der Waals surface area contributed by atoms with Gasteiger partial charge in [0.25, 0.3) is 0 Å². The quantitative estimate of drug-likeness (QED) is 0.0222. The minimum absolute atomic E-state index is 0. The summed E-state index contributed by atoms with van der Waals surface area (Å²) in [6.45, 7) is 9.79. The Balaban J connectivity index is -0.00000105. The molecule has 0 aliphatic heterocycles. The van der Waals surface area contributed by atoms with E-state index in [-0.39, 0.29) is 88.4 Å². The number of hydrogen-bond donors (Lipinski definition) is 6. The smallest absolute Gasteiger partial charge is 0.550 e. The minimum Gasteiger partial charge on any atom is -0.550 e. The van der Waals surface area contributed by atoms with Crippen LogP contribution in [-0.4, -0.2) is 181 Å². The average molecular weight is 869 g/mol. The molecule has 0 aromatic heterocycles. The summed E-state index contributed by atoms with van der Waals surface area (Å²) >= 11 is 0. The summed E-state index contributed by atoms with van der Waals surface area (Å²) in [7, 11) is 0. The maximum absolute atomic E-state index is 12.0. The van der Waals surface area contributed by atoms with E-state index in [1.807, 2.05) is 38.2 Å². The molecular formula is C42H76CaN4O12+2. The first-order chi connectivity index (χ1) is 27.7. The van der Waals surface area contributed by atoms with Crippen molar-refractivity contribution in [2.24, 2.45) is 0 Å². The van der Waals surface area contributed by atoms with Crippen molar-refractivity contribution in [2.45, 2.75) is 129 Å². The zero-order valence-electron chi connectivity index (χ0n) is 36.2. The fourth-order valence-electron chi connectivity index (χ4n) is 6.78. The molecule has 2 amide bonds. The van der Waals surface area contributed by atoms with Crippen LogP contribution in [0.4, 0.5) is 0 Å². The summed E-state index contributed by atoms with van der Waals surface area (Å²) in [6.07, 6.45) is 17.3. The van der Waals surface area contributed by atoms with Gasteiger partial charge >= 0.3 is 49.7 Å². The Bertz CT molecular complexity index is 1070. The van der Waals surface area contributed by atoms with Crippen molar-refractivity contribution < 1.29 is 68.4 Å². The summed E-state index contributed by atoms with van der Waals surface area (Å²) in [6, 6.07) is 0. The van der Waals surface area contributed by atoms with Gasteiger partial charge in [-0.1, -0.05) is 24.3 Å². The van der Waals surface area contributed by atoms with Crippen LogP contribution < -0.4 is 20.8 Å². The largest absolute Gasteiger partial charge is 2.00 e. The third-order valence-electron chi connectivity index (χ3n) is 10.1. The molecule has 2 unspecified atom stereocenters. The number of rotatable bonds is 38. The van der Waals surface area contributed by atoms with E-state index in [9.17, 15) is 49.2 Å². The Hall–Kier alpha value is -2.60. The molecule has 59 heavy (non-hydrogen) atoms. The molecular weight excluding hydrogens is 793 g/mol. The molecule has 17 heteroatoms. The predicted molar refractivity (Wildman–Crippen MR) is 223 cm³/mol. The number of hydrogen-bond acceptors (Lipinski definition) is 10. The third kappa shape index (κ3) is 39.3. The van der Waals surface area contributed by atoms with E-state index in [0.717, 1.165) is 25.7 Å². The number of amides is 2. The molecule has 0 fully saturated rings. The molecule has 2 atom stereocenters. The van der Waals surface area contributed by atoms with Crippen LogP contribution in [0, 0.1) is 0 Å².